The molecule has 0 spiro atoms. The highest BCUT2D eigenvalue weighted by Gasteiger charge is 2.43. The zero-order valence-corrected chi connectivity index (χ0v) is 22.4. The number of nitrogens with zero attached hydrogens (tertiary/aromatic N) is 2. The number of hydrogen-bond donors (Lipinski definition) is 2. The number of anilines is 1. The number of piperidine rings is 1. The number of carbonyl (C=O) groups excluding carboxylic acids is 2. The van der Waals surface area contributed by atoms with Gasteiger partial charge in [0.2, 0.25) is 0 Å². The normalized spacial score (nSPS) is 20.8. The molecule has 2 unspecified atom stereocenters. The Hall–Kier alpha value is -3.35. The molecule has 218 valence electrons. The summed E-state index contributed by atoms with van der Waals surface area (Å²) in [6.07, 6.45) is -3.37. The van der Waals surface area contributed by atoms with E-state index in [2.05, 4.69) is 25.3 Å². The molecule has 2 saturated heterocycles. The number of amides is 2. The van der Waals surface area contributed by atoms with Crippen LogP contribution in [0, 0.1) is 0 Å². The molecule has 2 aliphatic heterocycles. The zero-order valence-electron chi connectivity index (χ0n) is 21.6. The molecule has 1 aromatic heterocycles. The molecule has 2 N–H and O–H groups in total. The third-order valence-electron chi connectivity index (χ3n) is 6.80. The lowest BCUT2D eigenvalue weighted by molar-refractivity contribution is -0.275. The number of aromatic nitrogens is 1. The Morgan fingerprint density at radius 2 is 1.75 bits per heavy atom. The predicted molar refractivity (Wildman–Crippen MR) is 136 cm³/mol. The monoisotopic (exact) mass is 590 g/mol. The van der Waals surface area contributed by atoms with Crippen molar-refractivity contribution in [3.8, 4) is 11.5 Å². The van der Waals surface area contributed by atoms with Crippen LogP contribution in [0.1, 0.15) is 49.9 Å². The average molecular weight is 591 g/mol. The summed E-state index contributed by atoms with van der Waals surface area (Å²) in [6, 6.07) is 6.61. The number of fused-ring (bicyclic) bond motifs is 2. The van der Waals surface area contributed by atoms with Crippen LogP contribution < -0.4 is 25.0 Å². The fourth-order valence-corrected chi connectivity index (χ4v) is 5.23. The first-order chi connectivity index (χ1) is 18.7. The van der Waals surface area contributed by atoms with E-state index in [-0.39, 0.29) is 34.5 Å². The highest BCUT2D eigenvalue weighted by Crippen LogP contribution is 2.39. The molecule has 0 aliphatic carbocycles. The first kappa shape index (κ1) is 29.6. The fraction of sp³-hybridized carbons (Fsp3) is 0.500. The van der Waals surface area contributed by atoms with Crippen LogP contribution in [0.25, 0.3) is 0 Å². The van der Waals surface area contributed by atoms with Gasteiger partial charge in [-0.3, -0.25) is 9.59 Å². The molecule has 4 rings (SSSR count). The molecule has 2 amide bonds. The summed E-state index contributed by atoms with van der Waals surface area (Å²) in [6.45, 7) is 2.15. The van der Waals surface area contributed by atoms with E-state index in [0.29, 0.717) is 18.7 Å². The number of ether oxygens (including phenoxy) is 2. The van der Waals surface area contributed by atoms with Crippen molar-refractivity contribution in [3.63, 3.8) is 0 Å². The van der Waals surface area contributed by atoms with E-state index in [1.54, 1.807) is 6.07 Å². The lowest BCUT2D eigenvalue weighted by Crippen LogP contribution is -2.55. The first-order valence-electron chi connectivity index (χ1n) is 12.6. The van der Waals surface area contributed by atoms with Crippen molar-refractivity contribution >= 4 is 29.2 Å². The number of pyridine rings is 1. The van der Waals surface area contributed by atoms with Gasteiger partial charge in [0.1, 0.15) is 5.82 Å². The van der Waals surface area contributed by atoms with Crippen LogP contribution in [0.4, 0.5) is 27.8 Å². The quantitative estimate of drug-likeness (QED) is 0.395. The van der Waals surface area contributed by atoms with Crippen molar-refractivity contribution < 1.29 is 41.0 Å². The molecule has 2 aromatic rings. The van der Waals surface area contributed by atoms with E-state index < -0.39 is 42.5 Å². The Labute approximate surface area is 232 Å². The van der Waals surface area contributed by atoms with Gasteiger partial charge in [0, 0.05) is 35.4 Å². The number of carbonyl (C=O) groups is 2. The Bertz CT molecular complexity index is 1210. The molecule has 0 saturated carbocycles. The van der Waals surface area contributed by atoms with Crippen LogP contribution in [-0.2, 0) is 4.79 Å². The van der Waals surface area contributed by atoms with Crippen LogP contribution in [0.15, 0.2) is 36.5 Å². The van der Waals surface area contributed by atoms with E-state index in [9.17, 15) is 31.5 Å². The summed E-state index contributed by atoms with van der Waals surface area (Å²) in [7, 11) is 0. The maximum absolute atomic E-state index is 13.1. The van der Waals surface area contributed by atoms with Crippen LogP contribution in [0.3, 0.4) is 0 Å². The van der Waals surface area contributed by atoms with Gasteiger partial charge in [-0.15, -0.1) is 13.2 Å². The number of hydrogen-bond acceptors (Lipinski definition) is 6. The summed E-state index contributed by atoms with van der Waals surface area (Å²) in [5, 5.41) is 5.11. The predicted octanol–water partition coefficient (Wildman–Crippen LogP) is 5.10. The van der Waals surface area contributed by atoms with E-state index in [1.165, 1.54) is 38.2 Å². The van der Waals surface area contributed by atoms with Crippen LogP contribution in [0.2, 0.25) is 5.02 Å². The molecule has 2 fully saturated rings. The smallest absolute Gasteiger partial charge is 0.474 e. The zero-order chi connectivity index (χ0) is 29.2. The Morgan fingerprint density at radius 1 is 1.07 bits per heavy atom. The molecule has 1 aromatic carbocycles. The minimum Gasteiger partial charge on any atom is -0.474 e. The summed E-state index contributed by atoms with van der Waals surface area (Å²) in [5.74, 6) is -1.43. The van der Waals surface area contributed by atoms with Crippen molar-refractivity contribution in [2.45, 2.75) is 76.0 Å². The minimum absolute atomic E-state index is 0.00947. The number of halogens is 6. The standard InChI is InChI=1S/C26H28ClF5N4O4/c1-25(2,39-19-7-4-15(27)9-20(19)40-26(30,31)32)24(38)35-16-10-17-5-6-18(11-16)36(17)22-8-3-14(12-33-22)23(37)34-13-21(28)29/h3-4,7-9,12,16-18,21H,5-6,10-11,13H2,1-2H3,(H,34,37)(H,35,38). The van der Waals surface area contributed by atoms with Crippen LogP contribution in [0.5, 0.6) is 11.5 Å². The first-order valence-corrected chi connectivity index (χ1v) is 13.0. The summed E-state index contributed by atoms with van der Waals surface area (Å²) >= 11 is 5.81. The minimum atomic E-state index is -4.97. The molecule has 0 radical (unpaired) electrons. The molecule has 14 heteroatoms. The maximum Gasteiger partial charge on any atom is 0.573 e. The highest BCUT2D eigenvalue weighted by molar-refractivity contribution is 6.30. The van der Waals surface area contributed by atoms with E-state index in [0.717, 1.165) is 18.9 Å². The molecule has 8 nitrogen and oxygen atoms in total. The van der Waals surface area contributed by atoms with Crippen molar-refractivity contribution in [3.05, 3.63) is 47.1 Å². The largest absolute Gasteiger partial charge is 0.573 e. The number of rotatable bonds is 9. The highest BCUT2D eigenvalue weighted by atomic mass is 35.5. The number of benzene rings is 1. The topological polar surface area (TPSA) is 92.8 Å². The number of nitrogens with one attached hydrogen (secondary N) is 2. The second kappa shape index (κ2) is 11.6. The maximum atomic E-state index is 13.1. The van der Waals surface area contributed by atoms with Crippen molar-refractivity contribution in [1.29, 1.82) is 0 Å². The van der Waals surface area contributed by atoms with Gasteiger partial charge in [-0.2, -0.15) is 0 Å². The average Bonchev–Trinajstić information content (AvgIpc) is 3.13. The van der Waals surface area contributed by atoms with Crippen molar-refractivity contribution in [2.24, 2.45) is 0 Å². The van der Waals surface area contributed by atoms with Crippen LogP contribution in [-0.4, -0.2) is 59.9 Å². The SMILES string of the molecule is CC(C)(Oc1ccc(Cl)cc1OC(F)(F)F)C(=O)NC1CC2CCC(C1)N2c1ccc(C(=O)NCC(F)F)cn1. The molecular weight excluding hydrogens is 563 g/mol. The van der Waals surface area contributed by atoms with E-state index in [4.69, 9.17) is 16.3 Å². The fourth-order valence-electron chi connectivity index (χ4n) is 5.07. The molecule has 2 atom stereocenters. The van der Waals surface area contributed by atoms with Crippen LogP contribution >= 0.6 is 11.6 Å². The molecule has 40 heavy (non-hydrogen) atoms. The summed E-state index contributed by atoms with van der Waals surface area (Å²) in [4.78, 5) is 31.7. The van der Waals surface area contributed by atoms with Gasteiger partial charge in [0.15, 0.2) is 17.1 Å². The summed E-state index contributed by atoms with van der Waals surface area (Å²) in [5.41, 5.74) is -1.36. The Kier molecular flexibility index (Phi) is 8.62. The van der Waals surface area contributed by atoms with Gasteiger partial charge < -0.3 is 25.0 Å². The molecular formula is C26H28ClF5N4O4. The van der Waals surface area contributed by atoms with E-state index in [1.807, 2.05) is 0 Å². The van der Waals surface area contributed by atoms with Gasteiger partial charge in [-0.05, 0) is 63.8 Å². The molecule has 3 heterocycles. The lowest BCUT2D eigenvalue weighted by atomic mass is 9.96. The molecule has 2 bridgehead atoms. The second-order valence-electron chi connectivity index (χ2n) is 10.2. The third-order valence-corrected chi connectivity index (χ3v) is 7.04. The summed E-state index contributed by atoms with van der Waals surface area (Å²) < 4.78 is 72.9. The Balaban J connectivity index is 1.38. The van der Waals surface area contributed by atoms with Gasteiger partial charge in [0.25, 0.3) is 18.2 Å². The van der Waals surface area contributed by atoms with Crippen molar-refractivity contribution in [2.75, 3.05) is 11.4 Å². The third kappa shape index (κ3) is 7.23. The van der Waals surface area contributed by atoms with Gasteiger partial charge in [-0.25, -0.2) is 13.8 Å². The Morgan fingerprint density at radius 3 is 2.33 bits per heavy atom. The van der Waals surface area contributed by atoms with Gasteiger partial charge in [-0.1, -0.05) is 11.6 Å². The van der Waals surface area contributed by atoms with Gasteiger partial charge >= 0.3 is 6.36 Å². The number of alkyl halides is 5. The van der Waals surface area contributed by atoms with Crippen molar-refractivity contribution in [1.82, 2.24) is 15.6 Å². The van der Waals surface area contributed by atoms with E-state index >= 15 is 0 Å². The second-order valence-corrected chi connectivity index (χ2v) is 10.6. The lowest BCUT2D eigenvalue weighted by Gasteiger charge is -2.40. The molecule has 2 aliphatic rings. The van der Waals surface area contributed by atoms with Gasteiger partial charge in [0.05, 0.1) is 12.1 Å².